The third-order valence-corrected chi connectivity index (χ3v) is 3.24. The summed E-state index contributed by atoms with van der Waals surface area (Å²) in [5.74, 6) is 1.21. The smallest absolute Gasteiger partial charge is 0.123 e. The summed E-state index contributed by atoms with van der Waals surface area (Å²) in [5.41, 5.74) is 2.95. The van der Waals surface area contributed by atoms with Gasteiger partial charge < -0.3 is 9.88 Å². The van der Waals surface area contributed by atoms with Crippen LogP contribution in [0.3, 0.4) is 0 Å². The second-order valence-corrected chi connectivity index (χ2v) is 5.71. The molecular formula is C13H23N3. The molecule has 0 amide bonds. The Morgan fingerprint density at radius 2 is 2.06 bits per heavy atom. The van der Waals surface area contributed by atoms with E-state index in [9.17, 15) is 0 Å². The number of imidazole rings is 1. The van der Waals surface area contributed by atoms with E-state index >= 15 is 0 Å². The molecule has 16 heavy (non-hydrogen) atoms. The van der Waals surface area contributed by atoms with Crippen LogP contribution in [0, 0.1) is 0 Å². The van der Waals surface area contributed by atoms with Gasteiger partial charge in [0.1, 0.15) is 5.82 Å². The predicted molar refractivity (Wildman–Crippen MR) is 66.6 cm³/mol. The van der Waals surface area contributed by atoms with Gasteiger partial charge in [0.2, 0.25) is 0 Å². The zero-order chi connectivity index (χ0) is 11.8. The molecule has 1 aromatic rings. The van der Waals surface area contributed by atoms with Crippen LogP contribution in [-0.4, -0.2) is 16.6 Å². The maximum absolute atomic E-state index is 4.85. The van der Waals surface area contributed by atoms with Crippen LogP contribution < -0.4 is 5.32 Å². The molecule has 1 aliphatic heterocycles. The van der Waals surface area contributed by atoms with Crippen molar-refractivity contribution in [3.8, 4) is 0 Å². The zero-order valence-corrected chi connectivity index (χ0v) is 10.9. The van der Waals surface area contributed by atoms with Crippen LogP contribution in [0.4, 0.5) is 0 Å². The number of rotatable bonds is 2. The van der Waals surface area contributed by atoms with Crippen molar-refractivity contribution in [3.63, 3.8) is 0 Å². The van der Waals surface area contributed by atoms with Gasteiger partial charge in [0, 0.05) is 17.7 Å². The fraction of sp³-hybridized carbons (Fsp3) is 0.769. The van der Waals surface area contributed by atoms with Crippen LogP contribution in [0.15, 0.2) is 0 Å². The minimum Gasteiger partial charge on any atom is -0.331 e. The van der Waals surface area contributed by atoms with Gasteiger partial charge in [-0.2, -0.15) is 0 Å². The van der Waals surface area contributed by atoms with Crippen LogP contribution in [0.1, 0.15) is 50.8 Å². The molecule has 0 saturated heterocycles. The predicted octanol–water partition coefficient (Wildman–Crippen LogP) is 2.24. The summed E-state index contributed by atoms with van der Waals surface area (Å²) in [6.45, 7) is 8.80. The zero-order valence-electron chi connectivity index (χ0n) is 10.9. The van der Waals surface area contributed by atoms with E-state index in [-0.39, 0.29) is 5.41 Å². The average molecular weight is 221 g/mol. The summed E-state index contributed by atoms with van der Waals surface area (Å²) in [5, 5.41) is 3.22. The minimum absolute atomic E-state index is 0.167. The fourth-order valence-electron chi connectivity index (χ4n) is 2.51. The lowest BCUT2D eigenvalue weighted by Gasteiger charge is -2.22. The van der Waals surface area contributed by atoms with Gasteiger partial charge in [0.05, 0.1) is 12.2 Å². The first-order valence-corrected chi connectivity index (χ1v) is 6.27. The molecule has 0 saturated carbocycles. The van der Waals surface area contributed by atoms with Gasteiger partial charge in [-0.1, -0.05) is 20.8 Å². The molecule has 2 heterocycles. The lowest BCUT2D eigenvalue weighted by Crippen LogP contribution is -2.19. The Labute approximate surface area is 98.3 Å². The molecule has 0 aliphatic carbocycles. The van der Waals surface area contributed by atoms with E-state index in [0.29, 0.717) is 0 Å². The molecule has 0 atom stereocenters. The summed E-state index contributed by atoms with van der Waals surface area (Å²) >= 11 is 0. The molecule has 0 unspecified atom stereocenters. The Morgan fingerprint density at radius 1 is 1.31 bits per heavy atom. The molecule has 1 aromatic heterocycles. The second-order valence-electron chi connectivity index (χ2n) is 5.71. The maximum Gasteiger partial charge on any atom is 0.123 e. The topological polar surface area (TPSA) is 29.9 Å². The molecular weight excluding hydrogens is 198 g/mol. The number of fused-ring (bicyclic) bond motifs is 1. The van der Waals surface area contributed by atoms with Gasteiger partial charge in [-0.05, 0) is 26.3 Å². The summed E-state index contributed by atoms with van der Waals surface area (Å²) < 4.78 is 2.43. The largest absolute Gasteiger partial charge is 0.331 e. The quantitative estimate of drug-likeness (QED) is 0.830. The SMILES string of the molecule is CNCc1nc(C(C)(C)C)c2n1CCCC2. The Morgan fingerprint density at radius 3 is 2.69 bits per heavy atom. The van der Waals surface area contributed by atoms with Crippen molar-refractivity contribution in [1.29, 1.82) is 0 Å². The number of nitrogens with one attached hydrogen (secondary N) is 1. The van der Waals surface area contributed by atoms with E-state index in [1.807, 2.05) is 7.05 Å². The first kappa shape index (κ1) is 11.6. The fourth-order valence-corrected chi connectivity index (χ4v) is 2.51. The molecule has 90 valence electrons. The average Bonchev–Trinajstić information content (AvgIpc) is 2.58. The van der Waals surface area contributed by atoms with Gasteiger partial charge in [0.25, 0.3) is 0 Å². The summed E-state index contributed by atoms with van der Waals surface area (Å²) in [7, 11) is 1.99. The molecule has 3 heteroatoms. The molecule has 0 fully saturated rings. The van der Waals surface area contributed by atoms with E-state index < -0.39 is 0 Å². The molecule has 0 bridgehead atoms. The number of aromatic nitrogens is 2. The van der Waals surface area contributed by atoms with Crippen molar-refractivity contribution < 1.29 is 0 Å². The molecule has 0 radical (unpaired) electrons. The Hall–Kier alpha value is -0.830. The standard InChI is InChI=1S/C13H23N3/c1-13(2,3)12-10-7-5-6-8-16(10)11(15-12)9-14-4/h14H,5-9H2,1-4H3. The highest BCUT2D eigenvalue weighted by molar-refractivity contribution is 5.25. The summed E-state index contributed by atoms with van der Waals surface area (Å²) in [6.07, 6.45) is 3.81. The van der Waals surface area contributed by atoms with Gasteiger partial charge in [-0.3, -0.25) is 0 Å². The highest BCUT2D eigenvalue weighted by Crippen LogP contribution is 2.29. The Balaban J connectivity index is 2.46. The number of hydrogen-bond donors (Lipinski definition) is 1. The molecule has 3 nitrogen and oxygen atoms in total. The molecule has 0 spiro atoms. The van der Waals surface area contributed by atoms with E-state index in [4.69, 9.17) is 4.98 Å². The van der Waals surface area contributed by atoms with Crippen LogP contribution in [0.25, 0.3) is 0 Å². The third-order valence-electron chi connectivity index (χ3n) is 3.24. The lowest BCUT2D eigenvalue weighted by molar-refractivity contribution is 0.495. The molecule has 0 aromatic carbocycles. The van der Waals surface area contributed by atoms with Gasteiger partial charge >= 0.3 is 0 Å². The van der Waals surface area contributed by atoms with Crippen molar-refractivity contribution in [2.24, 2.45) is 0 Å². The minimum atomic E-state index is 0.167. The highest BCUT2D eigenvalue weighted by Gasteiger charge is 2.26. The monoisotopic (exact) mass is 221 g/mol. The third kappa shape index (κ3) is 2.01. The van der Waals surface area contributed by atoms with Crippen molar-refractivity contribution in [1.82, 2.24) is 14.9 Å². The van der Waals surface area contributed by atoms with Crippen molar-refractivity contribution in [2.45, 2.75) is 58.5 Å². The van der Waals surface area contributed by atoms with E-state index in [2.05, 4.69) is 30.7 Å². The van der Waals surface area contributed by atoms with E-state index in [1.165, 1.54) is 36.5 Å². The summed E-state index contributed by atoms with van der Waals surface area (Å²) in [4.78, 5) is 4.85. The van der Waals surface area contributed by atoms with E-state index in [0.717, 1.165) is 13.1 Å². The van der Waals surface area contributed by atoms with Crippen LogP contribution in [-0.2, 0) is 24.9 Å². The highest BCUT2D eigenvalue weighted by atomic mass is 15.1. The molecule has 2 rings (SSSR count). The van der Waals surface area contributed by atoms with Gasteiger partial charge in [0.15, 0.2) is 0 Å². The van der Waals surface area contributed by atoms with Gasteiger partial charge in [-0.15, -0.1) is 0 Å². The maximum atomic E-state index is 4.85. The first-order chi connectivity index (χ1) is 7.54. The lowest BCUT2D eigenvalue weighted by atomic mass is 9.89. The number of hydrogen-bond acceptors (Lipinski definition) is 2. The second kappa shape index (κ2) is 4.21. The normalized spacial score (nSPS) is 16.2. The van der Waals surface area contributed by atoms with E-state index in [1.54, 1.807) is 0 Å². The Bertz CT molecular complexity index is 371. The van der Waals surface area contributed by atoms with Crippen LogP contribution in [0.2, 0.25) is 0 Å². The van der Waals surface area contributed by atoms with Gasteiger partial charge in [-0.25, -0.2) is 4.98 Å². The molecule has 1 aliphatic rings. The number of nitrogens with zero attached hydrogens (tertiary/aromatic N) is 2. The van der Waals surface area contributed by atoms with Crippen molar-refractivity contribution in [2.75, 3.05) is 7.05 Å². The van der Waals surface area contributed by atoms with Crippen LogP contribution in [0.5, 0.6) is 0 Å². The van der Waals surface area contributed by atoms with Crippen molar-refractivity contribution >= 4 is 0 Å². The Kier molecular flexibility index (Phi) is 3.06. The van der Waals surface area contributed by atoms with Crippen LogP contribution >= 0.6 is 0 Å². The first-order valence-electron chi connectivity index (χ1n) is 6.27. The summed E-state index contributed by atoms with van der Waals surface area (Å²) in [6, 6.07) is 0. The van der Waals surface area contributed by atoms with Crippen molar-refractivity contribution in [3.05, 3.63) is 17.2 Å². The molecule has 1 N–H and O–H groups in total.